The van der Waals surface area contributed by atoms with E-state index in [0.29, 0.717) is 24.4 Å². The first kappa shape index (κ1) is 17.1. The predicted molar refractivity (Wildman–Crippen MR) is 101 cm³/mol. The summed E-state index contributed by atoms with van der Waals surface area (Å²) >= 11 is 0. The molecule has 0 saturated carbocycles. The molecule has 138 valence electrons. The van der Waals surface area contributed by atoms with Crippen molar-refractivity contribution >= 4 is 11.8 Å². The van der Waals surface area contributed by atoms with Crippen LogP contribution in [0.1, 0.15) is 33.8 Å². The smallest absolute Gasteiger partial charge is 0.289 e. The normalized spacial score (nSPS) is 14.9. The van der Waals surface area contributed by atoms with Gasteiger partial charge < -0.3 is 19.2 Å². The number of amides is 2. The fourth-order valence-corrected chi connectivity index (χ4v) is 3.34. The molecule has 0 radical (unpaired) electrons. The van der Waals surface area contributed by atoms with Crippen LogP contribution in [0.15, 0.2) is 71.6 Å². The molecule has 1 aliphatic heterocycles. The Labute approximate surface area is 157 Å². The van der Waals surface area contributed by atoms with E-state index in [0.717, 1.165) is 18.5 Å². The summed E-state index contributed by atoms with van der Waals surface area (Å²) in [5, 5.41) is 3.08. The molecule has 6 nitrogen and oxygen atoms in total. The molecule has 2 aromatic heterocycles. The molecule has 0 unspecified atom stereocenters. The van der Waals surface area contributed by atoms with E-state index in [1.165, 1.54) is 6.26 Å². The molecule has 1 aromatic carbocycles. The van der Waals surface area contributed by atoms with Gasteiger partial charge in [-0.3, -0.25) is 9.59 Å². The van der Waals surface area contributed by atoms with Crippen molar-refractivity contribution in [3.8, 4) is 5.69 Å². The minimum atomic E-state index is -0.0922. The minimum absolute atomic E-state index is 0.0716. The summed E-state index contributed by atoms with van der Waals surface area (Å²) in [6, 6.07) is 14.9. The number of rotatable bonds is 4. The quantitative estimate of drug-likeness (QED) is 0.774. The van der Waals surface area contributed by atoms with Crippen LogP contribution in [-0.2, 0) is 0 Å². The molecule has 1 N–H and O–H groups in total. The Morgan fingerprint density at radius 1 is 0.963 bits per heavy atom. The molecular formula is C21H21N3O3. The minimum Gasteiger partial charge on any atom is -0.459 e. The third-order valence-corrected chi connectivity index (χ3v) is 4.88. The summed E-state index contributed by atoms with van der Waals surface area (Å²) in [6.07, 6.45) is 6.90. The summed E-state index contributed by atoms with van der Waals surface area (Å²) < 4.78 is 7.16. The number of nitrogens with zero attached hydrogens (tertiary/aromatic N) is 2. The van der Waals surface area contributed by atoms with Crippen LogP contribution in [0.5, 0.6) is 0 Å². The lowest BCUT2D eigenvalue weighted by atomic mass is 10.0. The zero-order valence-corrected chi connectivity index (χ0v) is 14.9. The molecule has 3 heterocycles. The molecule has 0 atom stereocenters. The number of hydrogen-bond acceptors (Lipinski definition) is 3. The molecule has 0 aliphatic carbocycles. The van der Waals surface area contributed by atoms with Crippen LogP contribution in [0.2, 0.25) is 0 Å². The zero-order valence-electron chi connectivity index (χ0n) is 14.9. The van der Waals surface area contributed by atoms with Gasteiger partial charge >= 0.3 is 0 Å². The Morgan fingerprint density at radius 3 is 2.30 bits per heavy atom. The molecule has 6 heteroatoms. The van der Waals surface area contributed by atoms with Gasteiger partial charge in [-0.1, -0.05) is 0 Å². The highest BCUT2D eigenvalue weighted by molar-refractivity contribution is 5.94. The molecule has 4 rings (SSSR count). The zero-order chi connectivity index (χ0) is 18.6. The van der Waals surface area contributed by atoms with Crippen molar-refractivity contribution in [2.75, 3.05) is 13.1 Å². The van der Waals surface area contributed by atoms with E-state index >= 15 is 0 Å². The number of furan rings is 1. The first-order valence-electron chi connectivity index (χ1n) is 9.08. The van der Waals surface area contributed by atoms with Gasteiger partial charge in [0.1, 0.15) is 0 Å². The van der Waals surface area contributed by atoms with Gasteiger partial charge in [-0.2, -0.15) is 0 Å². The van der Waals surface area contributed by atoms with E-state index in [-0.39, 0.29) is 17.9 Å². The second kappa shape index (κ2) is 7.53. The van der Waals surface area contributed by atoms with Crippen LogP contribution in [0.3, 0.4) is 0 Å². The van der Waals surface area contributed by atoms with E-state index in [2.05, 4.69) is 5.32 Å². The number of carbonyl (C=O) groups excluding carboxylic acids is 2. The molecule has 27 heavy (non-hydrogen) atoms. The second-order valence-corrected chi connectivity index (χ2v) is 6.65. The predicted octanol–water partition coefficient (Wildman–Crippen LogP) is 3.10. The summed E-state index contributed by atoms with van der Waals surface area (Å²) in [4.78, 5) is 26.6. The molecule has 3 aromatic rings. The van der Waals surface area contributed by atoms with Crippen LogP contribution in [0.4, 0.5) is 0 Å². The number of benzene rings is 1. The first-order valence-corrected chi connectivity index (χ1v) is 9.08. The summed E-state index contributed by atoms with van der Waals surface area (Å²) in [5.74, 6) is 0.190. The molecule has 1 aliphatic rings. The lowest BCUT2D eigenvalue weighted by molar-refractivity contribution is 0.0667. The van der Waals surface area contributed by atoms with Crippen molar-refractivity contribution in [2.45, 2.75) is 18.9 Å². The topological polar surface area (TPSA) is 67.5 Å². The Hall–Kier alpha value is -3.28. The second-order valence-electron chi connectivity index (χ2n) is 6.65. The molecule has 1 fully saturated rings. The highest BCUT2D eigenvalue weighted by Crippen LogP contribution is 2.16. The van der Waals surface area contributed by atoms with Crippen molar-refractivity contribution < 1.29 is 14.0 Å². The van der Waals surface area contributed by atoms with Crippen LogP contribution in [-0.4, -0.2) is 40.4 Å². The van der Waals surface area contributed by atoms with Gasteiger partial charge in [-0.05, 0) is 61.4 Å². The molecule has 1 saturated heterocycles. The van der Waals surface area contributed by atoms with E-state index in [4.69, 9.17) is 4.42 Å². The molecule has 2 amide bonds. The van der Waals surface area contributed by atoms with Crippen molar-refractivity contribution in [2.24, 2.45) is 0 Å². The number of carbonyl (C=O) groups is 2. The monoisotopic (exact) mass is 363 g/mol. The number of likely N-dealkylation sites (tertiary alicyclic amines) is 1. The van der Waals surface area contributed by atoms with Gasteiger partial charge in [0.25, 0.3) is 11.8 Å². The van der Waals surface area contributed by atoms with Crippen LogP contribution >= 0.6 is 0 Å². The van der Waals surface area contributed by atoms with Crippen LogP contribution < -0.4 is 5.32 Å². The average Bonchev–Trinajstić information content (AvgIpc) is 3.42. The largest absolute Gasteiger partial charge is 0.459 e. The number of nitrogens with one attached hydrogen (secondary N) is 1. The fourth-order valence-electron chi connectivity index (χ4n) is 3.34. The van der Waals surface area contributed by atoms with E-state index in [9.17, 15) is 9.59 Å². The Balaban J connectivity index is 1.31. The van der Waals surface area contributed by atoms with Crippen molar-refractivity contribution in [1.82, 2.24) is 14.8 Å². The van der Waals surface area contributed by atoms with Gasteiger partial charge in [-0.25, -0.2) is 0 Å². The van der Waals surface area contributed by atoms with Crippen LogP contribution in [0, 0.1) is 0 Å². The summed E-state index contributed by atoms with van der Waals surface area (Å²) in [7, 11) is 0. The summed E-state index contributed by atoms with van der Waals surface area (Å²) in [5.41, 5.74) is 1.65. The first-order chi connectivity index (χ1) is 13.2. The van der Waals surface area contributed by atoms with E-state index < -0.39 is 0 Å². The highest BCUT2D eigenvalue weighted by atomic mass is 16.3. The average molecular weight is 363 g/mol. The van der Waals surface area contributed by atoms with Crippen molar-refractivity contribution in [3.05, 3.63) is 78.5 Å². The van der Waals surface area contributed by atoms with Crippen LogP contribution in [0.25, 0.3) is 5.69 Å². The van der Waals surface area contributed by atoms with Gasteiger partial charge in [0.15, 0.2) is 5.76 Å². The Kier molecular flexibility index (Phi) is 4.78. The third-order valence-electron chi connectivity index (χ3n) is 4.88. The fraction of sp³-hybridized carbons (Fsp3) is 0.238. The SMILES string of the molecule is O=C(NC1CCN(C(=O)c2ccco2)CC1)c1ccc(-n2cccc2)cc1. The van der Waals surface area contributed by atoms with Gasteiger partial charge in [0, 0.05) is 42.8 Å². The number of aromatic nitrogens is 1. The van der Waals surface area contributed by atoms with Crippen molar-refractivity contribution in [1.29, 1.82) is 0 Å². The standard InChI is InChI=1S/C21H21N3O3/c25-20(16-5-7-18(8-6-16)23-11-1-2-12-23)22-17-9-13-24(14-10-17)21(26)19-4-3-15-27-19/h1-8,11-12,15,17H,9-10,13-14H2,(H,22,25). The lowest BCUT2D eigenvalue weighted by Gasteiger charge is -2.31. The maximum Gasteiger partial charge on any atom is 0.289 e. The van der Waals surface area contributed by atoms with Gasteiger partial charge in [-0.15, -0.1) is 0 Å². The third kappa shape index (κ3) is 3.79. The highest BCUT2D eigenvalue weighted by Gasteiger charge is 2.26. The maximum atomic E-state index is 12.5. The Bertz CT molecular complexity index is 891. The summed E-state index contributed by atoms with van der Waals surface area (Å²) in [6.45, 7) is 1.22. The lowest BCUT2D eigenvalue weighted by Crippen LogP contribution is -2.46. The van der Waals surface area contributed by atoms with Crippen molar-refractivity contribution in [3.63, 3.8) is 0 Å². The van der Waals surface area contributed by atoms with Gasteiger partial charge in [0.2, 0.25) is 0 Å². The van der Waals surface area contributed by atoms with E-state index in [1.807, 2.05) is 53.4 Å². The maximum absolute atomic E-state index is 12.5. The Morgan fingerprint density at radius 2 is 1.67 bits per heavy atom. The number of hydrogen-bond donors (Lipinski definition) is 1. The number of piperidine rings is 1. The van der Waals surface area contributed by atoms with Gasteiger partial charge in [0.05, 0.1) is 6.26 Å². The van der Waals surface area contributed by atoms with E-state index in [1.54, 1.807) is 17.0 Å². The molecular weight excluding hydrogens is 342 g/mol. The molecule has 0 bridgehead atoms. The molecule has 0 spiro atoms.